The molecule has 0 aromatic heterocycles. The van der Waals surface area contributed by atoms with Gasteiger partial charge >= 0.3 is 6.03 Å². The third-order valence-corrected chi connectivity index (χ3v) is 3.22. The lowest BCUT2D eigenvalue weighted by atomic mass is 9.94. The summed E-state index contributed by atoms with van der Waals surface area (Å²) in [7, 11) is 0. The highest BCUT2D eigenvalue weighted by atomic mass is 16.9. The summed E-state index contributed by atoms with van der Waals surface area (Å²) in [5, 5.41) is 4.42. The second-order valence-electron chi connectivity index (χ2n) is 4.48. The van der Waals surface area contributed by atoms with Crippen molar-refractivity contribution in [2.45, 2.75) is 57.6 Å². The summed E-state index contributed by atoms with van der Waals surface area (Å²) < 4.78 is 0. The molecule has 1 N–H and O–H groups in total. The number of nitrogens with zero attached hydrogens (tertiary/aromatic N) is 1. The molecule has 1 heterocycles. The number of hydrogen-bond donors (Lipinski definition) is 1. The Morgan fingerprint density at radius 3 is 2.80 bits per heavy atom. The van der Waals surface area contributed by atoms with E-state index in [9.17, 15) is 4.79 Å². The molecule has 0 aromatic carbocycles. The molecule has 4 nitrogen and oxygen atoms in total. The molecule has 4 heteroatoms. The van der Waals surface area contributed by atoms with E-state index in [0.29, 0.717) is 0 Å². The molecule has 2 fully saturated rings. The van der Waals surface area contributed by atoms with Gasteiger partial charge in [-0.25, -0.2) is 9.63 Å². The van der Waals surface area contributed by atoms with E-state index in [1.54, 1.807) is 5.06 Å². The van der Waals surface area contributed by atoms with Gasteiger partial charge in [0.2, 0.25) is 0 Å². The van der Waals surface area contributed by atoms with E-state index in [4.69, 9.17) is 4.84 Å². The van der Waals surface area contributed by atoms with Crippen molar-refractivity contribution in [1.82, 2.24) is 10.4 Å². The summed E-state index contributed by atoms with van der Waals surface area (Å²) in [6.45, 7) is 2.87. The van der Waals surface area contributed by atoms with E-state index >= 15 is 0 Å². The predicted molar refractivity (Wildman–Crippen MR) is 57.0 cm³/mol. The van der Waals surface area contributed by atoms with Crippen LogP contribution in [0.1, 0.15) is 51.9 Å². The van der Waals surface area contributed by atoms with Gasteiger partial charge in [-0.15, -0.1) is 0 Å². The maximum Gasteiger partial charge on any atom is 0.344 e. The standard InChI is InChI=1S/C11H20N2O2/c1-2-3-9-12-10(14)13-11(15-13)7-5-4-6-8-11/h2-9H2,1H3,(H,12,14). The zero-order chi connectivity index (χ0) is 10.7. The van der Waals surface area contributed by atoms with Crippen LogP contribution in [-0.2, 0) is 4.84 Å². The molecule has 1 aliphatic carbocycles. The van der Waals surface area contributed by atoms with Gasteiger partial charge in [0, 0.05) is 19.4 Å². The SMILES string of the molecule is CCCCNC(=O)N1OC12CCCCC2. The first kappa shape index (κ1) is 10.7. The Kier molecular flexibility index (Phi) is 3.14. The predicted octanol–water partition coefficient (Wildman–Crippen LogP) is 2.40. The van der Waals surface area contributed by atoms with Crippen LogP contribution in [0, 0.1) is 0 Å². The molecule has 0 aromatic rings. The Hall–Kier alpha value is -0.770. The summed E-state index contributed by atoms with van der Waals surface area (Å²) >= 11 is 0. The number of hydrogen-bond acceptors (Lipinski definition) is 2. The maximum atomic E-state index is 11.6. The zero-order valence-electron chi connectivity index (χ0n) is 9.42. The Labute approximate surface area is 90.9 Å². The molecule has 0 bridgehead atoms. The van der Waals surface area contributed by atoms with Crippen molar-refractivity contribution in [1.29, 1.82) is 0 Å². The average Bonchev–Trinajstić information content (AvgIpc) is 2.94. The molecule has 1 spiro atoms. The van der Waals surface area contributed by atoms with E-state index in [-0.39, 0.29) is 11.8 Å². The van der Waals surface area contributed by atoms with E-state index in [1.165, 1.54) is 19.3 Å². The third kappa shape index (κ3) is 2.25. The topological polar surface area (TPSA) is 44.6 Å². The average molecular weight is 212 g/mol. The number of nitrogens with one attached hydrogen (secondary N) is 1. The monoisotopic (exact) mass is 212 g/mol. The summed E-state index contributed by atoms with van der Waals surface area (Å²) in [5.74, 6) is 0. The molecule has 1 aliphatic heterocycles. The number of hydroxylamine groups is 2. The van der Waals surface area contributed by atoms with Crippen LogP contribution >= 0.6 is 0 Å². The lowest BCUT2D eigenvalue weighted by molar-refractivity contribution is 0.172. The zero-order valence-corrected chi connectivity index (χ0v) is 9.42. The van der Waals surface area contributed by atoms with Gasteiger partial charge < -0.3 is 5.32 Å². The minimum Gasteiger partial charge on any atom is -0.336 e. The summed E-state index contributed by atoms with van der Waals surface area (Å²) in [6, 6.07) is -0.0506. The van der Waals surface area contributed by atoms with Crippen molar-refractivity contribution in [3.8, 4) is 0 Å². The van der Waals surface area contributed by atoms with Gasteiger partial charge in [-0.2, -0.15) is 5.06 Å². The highest BCUT2D eigenvalue weighted by molar-refractivity contribution is 5.75. The number of amides is 2. The quantitative estimate of drug-likeness (QED) is 0.576. The molecule has 1 saturated carbocycles. The molecule has 2 rings (SSSR count). The molecule has 86 valence electrons. The van der Waals surface area contributed by atoms with Crippen LogP contribution in [0.4, 0.5) is 4.79 Å². The first-order valence-corrected chi connectivity index (χ1v) is 6.06. The van der Waals surface area contributed by atoms with E-state index in [0.717, 1.165) is 32.2 Å². The van der Waals surface area contributed by atoms with E-state index in [1.807, 2.05) is 0 Å². The first-order valence-electron chi connectivity index (χ1n) is 6.06. The number of urea groups is 1. The highest BCUT2D eigenvalue weighted by Gasteiger charge is 2.58. The lowest BCUT2D eigenvalue weighted by Crippen LogP contribution is -2.34. The smallest absolute Gasteiger partial charge is 0.336 e. The molecule has 2 amide bonds. The van der Waals surface area contributed by atoms with Gasteiger partial charge in [0.15, 0.2) is 5.72 Å². The second-order valence-corrected chi connectivity index (χ2v) is 4.48. The number of unbranched alkanes of at least 4 members (excludes halogenated alkanes) is 1. The molecular formula is C11H20N2O2. The first-order chi connectivity index (χ1) is 7.28. The van der Waals surface area contributed by atoms with Gasteiger partial charge in [0.25, 0.3) is 0 Å². The summed E-state index contributed by atoms with van der Waals surface area (Å²) in [4.78, 5) is 17.1. The third-order valence-electron chi connectivity index (χ3n) is 3.22. The summed E-state index contributed by atoms with van der Waals surface area (Å²) in [6.07, 6.45) is 7.79. The molecule has 15 heavy (non-hydrogen) atoms. The number of rotatable bonds is 3. The van der Waals surface area contributed by atoms with Crippen molar-refractivity contribution in [3.63, 3.8) is 0 Å². The van der Waals surface area contributed by atoms with Crippen molar-refractivity contribution in [3.05, 3.63) is 0 Å². The van der Waals surface area contributed by atoms with E-state index in [2.05, 4.69) is 12.2 Å². The molecule has 2 aliphatic rings. The van der Waals surface area contributed by atoms with Crippen molar-refractivity contribution < 1.29 is 9.63 Å². The van der Waals surface area contributed by atoms with Crippen molar-refractivity contribution in [2.75, 3.05) is 6.54 Å². The van der Waals surface area contributed by atoms with Crippen LogP contribution in [-0.4, -0.2) is 23.4 Å². The minimum atomic E-state index is -0.214. The fourth-order valence-corrected chi connectivity index (χ4v) is 2.22. The van der Waals surface area contributed by atoms with Crippen LogP contribution in [0.3, 0.4) is 0 Å². The number of carbonyl (C=O) groups is 1. The minimum absolute atomic E-state index is 0.0506. The molecule has 0 radical (unpaired) electrons. The Morgan fingerprint density at radius 1 is 1.40 bits per heavy atom. The van der Waals surface area contributed by atoms with Gasteiger partial charge in [-0.05, 0) is 19.3 Å². The molecule has 0 atom stereocenters. The Balaban J connectivity index is 1.74. The van der Waals surface area contributed by atoms with Crippen LogP contribution in [0.2, 0.25) is 0 Å². The number of carbonyl (C=O) groups excluding carboxylic acids is 1. The lowest BCUT2D eigenvalue weighted by Gasteiger charge is -2.16. The van der Waals surface area contributed by atoms with Gasteiger partial charge in [-0.3, -0.25) is 0 Å². The molecule has 1 saturated heterocycles. The second kappa shape index (κ2) is 4.39. The van der Waals surface area contributed by atoms with Gasteiger partial charge in [0.1, 0.15) is 0 Å². The van der Waals surface area contributed by atoms with Gasteiger partial charge in [0.05, 0.1) is 0 Å². The maximum absolute atomic E-state index is 11.6. The summed E-state index contributed by atoms with van der Waals surface area (Å²) in [5.41, 5.74) is -0.214. The molecule has 0 unspecified atom stereocenters. The normalized spacial score (nSPS) is 22.9. The van der Waals surface area contributed by atoms with Crippen LogP contribution in [0.15, 0.2) is 0 Å². The van der Waals surface area contributed by atoms with Crippen molar-refractivity contribution in [2.24, 2.45) is 0 Å². The van der Waals surface area contributed by atoms with Crippen molar-refractivity contribution >= 4 is 6.03 Å². The van der Waals surface area contributed by atoms with Gasteiger partial charge in [-0.1, -0.05) is 19.8 Å². The Bertz CT molecular complexity index is 237. The van der Waals surface area contributed by atoms with Crippen LogP contribution in [0.5, 0.6) is 0 Å². The fraction of sp³-hybridized carbons (Fsp3) is 0.909. The van der Waals surface area contributed by atoms with E-state index < -0.39 is 0 Å². The fourth-order valence-electron chi connectivity index (χ4n) is 2.22. The highest BCUT2D eigenvalue weighted by Crippen LogP contribution is 2.46. The van der Waals surface area contributed by atoms with Crippen LogP contribution < -0.4 is 5.32 Å². The largest absolute Gasteiger partial charge is 0.344 e. The molecular weight excluding hydrogens is 192 g/mol. The Morgan fingerprint density at radius 2 is 2.13 bits per heavy atom. The van der Waals surface area contributed by atoms with Crippen LogP contribution in [0.25, 0.3) is 0 Å².